The topological polar surface area (TPSA) is 131 Å². The zero-order valence-electron chi connectivity index (χ0n) is 21.2. The monoisotopic (exact) mass is 499 g/mol. The molecular weight excluding hydrogens is 466 g/mol. The van der Waals surface area contributed by atoms with E-state index in [2.05, 4.69) is 10.6 Å². The second-order valence-corrected chi connectivity index (χ2v) is 9.91. The molecule has 0 unspecified atom stereocenters. The average molecular weight is 500 g/mol. The first kappa shape index (κ1) is 25.9. The molecule has 0 saturated carbocycles. The van der Waals surface area contributed by atoms with Crippen LogP contribution in [0.25, 0.3) is 11.1 Å². The number of amides is 4. The molecule has 0 aromatic heterocycles. The van der Waals surface area contributed by atoms with Crippen LogP contribution in [-0.2, 0) is 29.1 Å². The van der Waals surface area contributed by atoms with Crippen LogP contribution in [0, 0.1) is 0 Å². The number of primary amides is 1. The third-order valence-corrected chi connectivity index (χ3v) is 6.52. The molecule has 4 amide bonds. The molecule has 0 fully saturated rings. The first-order valence-corrected chi connectivity index (χ1v) is 12.3. The van der Waals surface area contributed by atoms with Crippen molar-refractivity contribution in [1.82, 2.24) is 10.6 Å². The molecule has 3 aromatic carbocycles. The number of para-hydroxylation sites is 1. The fourth-order valence-corrected chi connectivity index (χ4v) is 4.47. The molecule has 192 valence electrons. The van der Waals surface area contributed by atoms with Crippen LogP contribution in [0.1, 0.15) is 37.0 Å². The Morgan fingerprint density at radius 2 is 1.68 bits per heavy atom. The minimum absolute atomic E-state index is 0.158. The van der Waals surface area contributed by atoms with Crippen LogP contribution in [-0.4, -0.2) is 29.4 Å². The summed E-state index contributed by atoms with van der Waals surface area (Å²) >= 11 is 0. The summed E-state index contributed by atoms with van der Waals surface area (Å²) < 4.78 is 0. The highest BCUT2D eigenvalue weighted by Gasteiger charge is 2.34. The largest absolute Gasteiger partial charge is 0.352 e. The number of carbonyl (C=O) groups is 3. The molecule has 6 N–H and O–H groups in total. The van der Waals surface area contributed by atoms with Crippen molar-refractivity contribution in [3.63, 3.8) is 0 Å². The minimum atomic E-state index is -1.08. The van der Waals surface area contributed by atoms with Gasteiger partial charge in [-0.15, -0.1) is 0 Å². The fourth-order valence-electron chi connectivity index (χ4n) is 4.47. The standard InChI is InChI=1S/C29H33N5O3/c1-29(2,31)27(36)33-24-16-15-21-7-4-6-10-25(21)34(26(24)35)18-19-11-13-20(14-12-19)23-9-5-3-8-22(23)17-32-28(30)37/h3-14,24H,15-18,31H2,1-2H3,(H,33,36)(H3,30,32,37)/t24-/m1/s1. The van der Waals surface area contributed by atoms with Crippen molar-refractivity contribution >= 4 is 23.5 Å². The third-order valence-electron chi connectivity index (χ3n) is 6.52. The van der Waals surface area contributed by atoms with Crippen molar-refractivity contribution in [3.8, 4) is 11.1 Å². The molecule has 1 aliphatic heterocycles. The molecule has 8 heteroatoms. The zero-order valence-corrected chi connectivity index (χ0v) is 21.2. The summed E-state index contributed by atoms with van der Waals surface area (Å²) in [6.07, 6.45) is 1.17. The number of urea groups is 1. The Morgan fingerprint density at radius 3 is 2.38 bits per heavy atom. The second kappa shape index (κ2) is 10.8. The van der Waals surface area contributed by atoms with Crippen LogP contribution in [0.2, 0.25) is 0 Å². The van der Waals surface area contributed by atoms with Gasteiger partial charge < -0.3 is 27.0 Å². The summed E-state index contributed by atoms with van der Waals surface area (Å²) in [5.74, 6) is -0.514. The van der Waals surface area contributed by atoms with E-state index in [1.54, 1.807) is 18.7 Å². The van der Waals surface area contributed by atoms with Gasteiger partial charge in [-0.25, -0.2) is 4.79 Å². The van der Waals surface area contributed by atoms with E-state index in [-0.39, 0.29) is 11.8 Å². The lowest BCUT2D eigenvalue weighted by Crippen LogP contribution is -2.56. The summed E-state index contributed by atoms with van der Waals surface area (Å²) in [7, 11) is 0. The molecule has 1 heterocycles. The molecule has 0 spiro atoms. The van der Waals surface area contributed by atoms with Crippen molar-refractivity contribution < 1.29 is 14.4 Å². The Kier molecular flexibility index (Phi) is 7.59. The Hall–Kier alpha value is -4.17. The van der Waals surface area contributed by atoms with Gasteiger partial charge in [-0.05, 0) is 60.6 Å². The lowest BCUT2D eigenvalue weighted by molar-refractivity contribution is -0.130. The van der Waals surface area contributed by atoms with E-state index in [9.17, 15) is 14.4 Å². The average Bonchev–Trinajstić information content (AvgIpc) is 3.00. The van der Waals surface area contributed by atoms with Crippen LogP contribution in [0.15, 0.2) is 72.8 Å². The van der Waals surface area contributed by atoms with Crippen LogP contribution in [0.5, 0.6) is 0 Å². The van der Waals surface area contributed by atoms with E-state index >= 15 is 0 Å². The fraction of sp³-hybridized carbons (Fsp3) is 0.276. The van der Waals surface area contributed by atoms with E-state index in [0.29, 0.717) is 25.9 Å². The molecule has 1 aliphatic rings. The van der Waals surface area contributed by atoms with Gasteiger partial charge in [-0.1, -0.05) is 66.7 Å². The smallest absolute Gasteiger partial charge is 0.312 e. The van der Waals surface area contributed by atoms with Crippen molar-refractivity contribution in [2.75, 3.05) is 4.90 Å². The second-order valence-electron chi connectivity index (χ2n) is 9.91. The maximum absolute atomic E-state index is 13.7. The number of nitrogens with zero attached hydrogens (tertiary/aromatic N) is 1. The Morgan fingerprint density at radius 1 is 1.00 bits per heavy atom. The maximum atomic E-state index is 13.7. The molecule has 0 radical (unpaired) electrons. The predicted molar refractivity (Wildman–Crippen MR) is 144 cm³/mol. The van der Waals surface area contributed by atoms with Crippen LogP contribution < -0.4 is 27.0 Å². The van der Waals surface area contributed by atoms with Gasteiger partial charge in [-0.3, -0.25) is 9.59 Å². The van der Waals surface area contributed by atoms with Gasteiger partial charge in [-0.2, -0.15) is 0 Å². The number of carbonyl (C=O) groups excluding carboxylic acids is 3. The number of nitrogens with one attached hydrogen (secondary N) is 2. The first-order valence-electron chi connectivity index (χ1n) is 12.3. The highest BCUT2D eigenvalue weighted by molar-refractivity contribution is 6.01. The number of fused-ring (bicyclic) bond motifs is 1. The predicted octanol–water partition coefficient (Wildman–Crippen LogP) is 3.22. The number of hydrogen-bond acceptors (Lipinski definition) is 4. The van der Waals surface area contributed by atoms with E-state index in [0.717, 1.165) is 33.5 Å². The summed E-state index contributed by atoms with van der Waals surface area (Å²) in [5, 5.41) is 5.50. The van der Waals surface area contributed by atoms with Crippen LogP contribution in [0.4, 0.5) is 10.5 Å². The van der Waals surface area contributed by atoms with Gasteiger partial charge in [0.05, 0.1) is 12.1 Å². The summed E-state index contributed by atoms with van der Waals surface area (Å²) in [5.41, 5.74) is 15.9. The number of nitrogens with two attached hydrogens (primary N) is 2. The van der Waals surface area contributed by atoms with Crippen LogP contribution >= 0.6 is 0 Å². The Bertz CT molecular complexity index is 1300. The van der Waals surface area contributed by atoms with E-state index < -0.39 is 17.6 Å². The van der Waals surface area contributed by atoms with Crippen LogP contribution in [0.3, 0.4) is 0 Å². The van der Waals surface area contributed by atoms with Gasteiger partial charge >= 0.3 is 6.03 Å². The molecular formula is C29H33N5O3. The van der Waals surface area contributed by atoms with Gasteiger partial charge in [0.25, 0.3) is 0 Å². The number of rotatable bonds is 7. The van der Waals surface area contributed by atoms with E-state index in [4.69, 9.17) is 11.5 Å². The number of hydrogen-bond donors (Lipinski definition) is 4. The normalized spacial score (nSPS) is 15.5. The molecule has 8 nitrogen and oxygen atoms in total. The molecule has 0 bridgehead atoms. The van der Waals surface area contributed by atoms with E-state index in [1.807, 2.05) is 72.8 Å². The lowest BCUT2D eigenvalue weighted by atomic mass is 9.98. The van der Waals surface area contributed by atoms with Gasteiger partial charge in [0, 0.05) is 12.2 Å². The van der Waals surface area contributed by atoms with Crippen molar-refractivity contribution in [1.29, 1.82) is 0 Å². The highest BCUT2D eigenvalue weighted by atomic mass is 16.2. The summed E-state index contributed by atoms with van der Waals surface area (Å²) in [6.45, 7) is 3.94. The first-order chi connectivity index (χ1) is 17.6. The molecule has 0 aliphatic carbocycles. The van der Waals surface area contributed by atoms with Gasteiger partial charge in [0.1, 0.15) is 6.04 Å². The number of anilines is 1. The Balaban J connectivity index is 1.59. The van der Waals surface area contributed by atoms with Crippen molar-refractivity contribution in [2.24, 2.45) is 11.5 Å². The van der Waals surface area contributed by atoms with Crippen molar-refractivity contribution in [2.45, 2.75) is 51.4 Å². The zero-order chi connectivity index (χ0) is 26.6. The van der Waals surface area contributed by atoms with Gasteiger partial charge in [0.15, 0.2) is 0 Å². The molecule has 4 rings (SSSR count). The summed E-state index contributed by atoms with van der Waals surface area (Å²) in [4.78, 5) is 39.2. The SMILES string of the molecule is CC(C)(N)C(=O)N[C@@H]1CCc2ccccc2N(Cc2ccc(-c3ccccc3CNC(N)=O)cc2)C1=O. The number of aryl methyl sites for hydroxylation is 1. The Labute approximate surface area is 217 Å². The molecule has 1 atom stereocenters. The van der Waals surface area contributed by atoms with Crippen molar-refractivity contribution in [3.05, 3.63) is 89.5 Å². The molecule has 37 heavy (non-hydrogen) atoms. The quantitative estimate of drug-likeness (QED) is 0.398. The molecule has 0 saturated heterocycles. The van der Waals surface area contributed by atoms with Gasteiger partial charge in [0.2, 0.25) is 11.8 Å². The highest BCUT2D eigenvalue weighted by Crippen LogP contribution is 2.30. The van der Waals surface area contributed by atoms with E-state index in [1.165, 1.54) is 0 Å². The third kappa shape index (κ3) is 6.16. The molecule has 3 aromatic rings. The summed E-state index contributed by atoms with van der Waals surface area (Å²) in [6, 6.07) is 22.4. The maximum Gasteiger partial charge on any atom is 0.312 e. The lowest BCUT2D eigenvalue weighted by Gasteiger charge is -2.28. The minimum Gasteiger partial charge on any atom is -0.352 e. The number of benzene rings is 3.